The normalized spacial score (nSPS) is 14.3. The van der Waals surface area contributed by atoms with Gasteiger partial charge >= 0.3 is 0 Å². The van der Waals surface area contributed by atoms with Crippen LogP contribution in [0.3, 0.4) is 0 Å². The Morgan fingerprint density at radius 3 is 2.37 bits per heavy atom. The first-order chi connectivity index (χ1) is 17.1. The molecule has 2 heterocycles. The van der Waals surface area contributed by atoms with Gasteiger partial charge in [0.25, 0.3) is 11.5 Å². The molecule has 35 heavy (non-hydrogen) atoms. The summed E-state index contributed by atoms with van der Waals surface area (Å²) in [6, 6.07) is 25.3. The predicted molar refractivity (Wildman–Crippen MR) is 140 cm³/mol. The van der Waals surface area contributed by atoms with Crippen LogP contribution in [0.2, 0.25) is 0 Å². The summed E-state index contributed by atoms with van der Waals surface area (Å²) in [5, 5.41) is 3.56. The van der Waals surface area contributed by atoms with Crippen molar-refractivity contribution in [2.24, 2.45) is 0 Å². The summed E-state index contributed by atoms with van der Waals surface area (Å²) in [6.07, 6.45) is 2.17. The van der Waals surface area contributed by atoms with Crippen molar-refractivity contribution >= 4 is 22.8 Å². The highest BCUT2D eigenvalue weighted by atomic mass is 16.1. The fraction of sp³-hybridized carbons (Fsp3) is 0.276. The zero-order chi connectivity index (χ0) is 24.2. The van der Waals surface area contributed by atoms with Gasteiger partial charge in [0.15, 0.2) is 0 Å². The van der Waals surface area contributed by atoms with E-state index in [1.165, 1.54) is 5.56 Å². The van der Waals surface area contributed by atoms with E-state index in [-0.39, 0.29) is 17.4 Å². The number of hydrogen-bond acceptors (Lipinski definition) is 4. The van der Waals surface area contributed by atoms with Crippen LogP contribution in [0.4, 0.5) is 5.95 Å². The number of rotatable bonds is 7. The lowest BCUT2D eigenvalue weighted by atomic mass is 10.0. The number of carbonyl (C=O) groups excluding carboxylic acids is 1. The van der Waals surface area contributed by atoms with Gasteiger partial charge in [-0.1, -0.05) is 67.6 Å². The van der Waals surface area contributed by atoms with E-state index in [4.69, 9.17) is 4.98 Å². The molecule has 1 saturated heterocycles. The van der Waals surface area contributed by atoms with Gasteiger partial charge in [0.2, 0.25) is 5.95 Å². The van der Waals surface area contributed by atoms with E-state index in [0.717, 1.165) is 31.5 Å². The molecule has 1 amide bonds. The maximum Gasteiger partial charge on any atom is 0.263 e. The molecule has 1 atom stereocenters. The van der Waals surface area contributed by atoms with Gasteiger partial charge in [-0.3, -0.25) is 14.2 Å². The number of aromatic nitrogens is 2. The van der Waals surface area contributed by atoms with E-state index in [9.17, 15) is 9.59 Å². The molecule has 1 aromatic heterocycles. The minimum Gasteiger partial charge on any atom is -0.351 e. The van der Waals surface area contributed by atoms with Crippen molar-refractivity contribution in [2.75, 3.05) is 24.5 Å². The summed E-state index contributed by atoms with van der Waals surface area (Å²) in [5.74, 6) is 0.720. The van der Waals surface area contributed by atoms with Crippen LogP contribution in [0.25, 0.3) is 10.9 Å². The Morgan fingerprint density at radius 2 is 1.66 bits per heavy atom. The average Bonchev–Trinajstić information content (AvgIpc) is 3.44. The largest absolute Gasteiger partial charge is 0.351 e. The average molecular weight is 467 g/mol. The van der Waals surface area contributed by atoms with Crippen LogP contribution in [-0.4, -0.2) is 35.1 Å². The number of carbonyl (C=O) groups is 1. The number of nitrogens with one attached hydrogen (secondary N) is 1. The van der Waals surface area contributed by atoms with Gasteiger partial charge in [0.05, 0.1) is 17.4 Å². The van der Waals surface area contributed by atoms with Crippen molar-refractivity contribution in [1.29, 1.82) is 0 Å². The highest BCUT2D eigenvalue weighted by molar-refractivity contribution is 5.97. The van der Waals surface area contributed by atoms with Crippen molar-refractivity contribution in [1.82, 2.24) is 14.9 Å². The molecule has 4 aromatic rings. The quantitative estimate of drug-likeness (QED) is 0.433. The SMILES string of the molecule is C[C@@H](CNC(=O)c1ccc2c(=O)n(Cc3ccccc3)c(N3CCCC3)nc2c1)c1ccccc1. The smallest absolute Gasteiger partial charge is 0.263 e. The highest BCUT2D eigenvalue weighted by Gasteiger charge is 2.21. The van der Waals surface area contributed by atoms with Crippen LogP contribution in [0.15, 0.2) is 83.7 Å². The van der Waals surface area contributed by atoms with Crippen molar-refractivity contribution < 1.29 is 4.79 Å². The Hall–Kier alpha value is -3.93. The van der Waals surface area contributed by atoms with Gasteiger partial charge in [-0.15, -0.1) is 0 Å². The van der Waals surface area contributed by atoms with Gasteiger partial charge in [0, 0.05) is 25.2 Å². The van der Waals surface area contributed by atoms with Gasteiger partial charge < -0.3 is 10.2 Å². The monoisotopic (exact) mass is 466 g/mol. The molecule has 0 radical (unpaired) electrons. The van der Waals surface area contributed by atoms with Gasteiger partial charge in [0.1, 0.15) is 0 Å². The van der Waals surface area contributed by atoms with E-state index < -0.39 is 0 Å². The third kappa shape index (κ3) is 4.97. The van der Waals surface area contributed by atoms with Gasteiger partial charge in [-0.2, -0.15) is 0 Å². The Morgan fingerprint density at radius 1 is 0.971 bits per heavy atom. The van der Waals surface area contributed by atoms with E-state index in [1.54, 1.807) is 22.8 Å². The lowest BCUT2D eigenvalue weighted by Crippen LogP contribution is -2.32. The Kier molecular flexibility index (Phi) is 6.62. The van der Waals surface area contributed by atoms with E-state index in [2.05, 4.69) is 29.3 Å². The first-order valence-corrected chi connectivity index (χ1v) is 12.3. The second-order valence-electron chi connectivity index (χ2n) is 9.24. The number of benzene rings is 3. The predicted octanol–water partition coefficient (Wildman–Crippen LogP) is 4.58. The molecule has 1 fully saturated rings. The number of fused-ring (bicyclic) bond motifs is 1. The molecule has 6 heteroatoms. The fourth-order valence-electron chi connectivity index (χ4n) is 4.66. The molecule has 0 unspecified atom stereocenters. The van der Waals surface area contributed by atoms with E-state index in [0.29, 0.717) is 35.5 Å². The van der Waals surface area contributed by atoms with Crippen LogP contribution in [0.5, 0.6) is 0 Å². The van der Waals surface area contributed by atoms with Gasteiger partial charge in [-0.25, -0.2) is 4.98 Å². The van der Waals surface area contributed by atoms with E-state index >= 15 is 0 Å². The number of hydrogen-bond donors (Lipinski definition) is 1. The minimum atomic E-state index is -0.160. The van der Waals surface area contributed by atoms with Crippen molar-refractivity contribution in [3.8, 4) is 0 Å². The molecule has 1 N–H and O–H groups in total. The molecule has 1 aliphatic heterocycles. The standard InChI is InChI=1S/C29H30N4O2/c1-21(23-12-6-3-7-13-23)19-30-27(34)24-14-15-25-26(18-24)31-29(32-16-8-9-17-32)33(28(25)35)20-22-10-4-2-5-11-22/h2-7,10-15,18,21H,8-9,16-17,19-20H2,1H3,(H,30,34)/t21-/m0/s1. The molecule has 6 nitrogen and oxygen atoms in total. The third-order valence-corrected chi connectivity index (χ3v) is 6.71. The molecule has 5 rings (SSSR count). The lowest BCUT2D eigenvalue weighted by molar-refractivity contribution is 0.0951. The fourth-order valence-corrected chi connectivity index (χ4v) is 4.66. The van der Waals surface area contributed by atoms with Crippen LogP contribution in [0, 0.1) is 0 Å². The molecule has 1 aliphatic rings. The summed E-state index contributed by atoms with van der Waals surface area (Å²) < 4.78 is 1.77. The summed E-state index contributed by atoms with van der Waals surface area (Å²) in [5.41, 5.74) is 3.23. The first kappa shape index (κ1) is 22.8. The van der Waals surface area contributed by atoms with Crippen LogP contribution in [0.1, 0.15) is 47.2 Å². The molecule has 0 bridgehead atoms. The Balaban J connectivity index is 1.44. The molecule has 0 aliphatic carbocycles. The molecular formula is C29H30N4O2. The summed E-state index contributed by atoms with van der Waals surface area (Å²) in [4.78, 5) is 33.6. The second kappa shape index (κ2) is 10.1. The summed E-state index contributed by atoms with van der Waals surface area (Å²) in [6.45, 7) is 4.85. The first-order valence-electron chi connectivity index (χ1n) is 12.3. The topological polar surface area (TPSA) is 67.2 Å². The van der Waals surface area contributed by atoms with Crippen LogP contribution >= 0.6 is 0 Å². The summed E-state index contributed by atoms with van der Waals surface area (Å²) >= 11 is 0. The van der Waals surface area contributed by atoms with Crippen molar-refractivity contribution in [3.63, 3.8) is 0 Å². The minimum absolute atomic E-state index is 0.0783. The number of amides is 1. The van der Waals surface area contributed by atoms with Gasteiger partial charge in [-0.05, 0) is 48.1 Å². The Labute approximate surface area is 205 Å². The number of anilines is 1. The zero-order valence-corrected chi connectivity index (χ0v) is 20.0. The second-order valence-corrected chi connectivity index (χ2v) is 9.24. The molecular weight excluding hydrogens is 436 g/mol. The summed E-state index contributed by atoms with van der Waals surface area (Å²) in [7, 11) is 0. The third-order valence-electron chi connectivity index (χ3n) is 6.71. The van der Waals surface area contributed by atoms with Crippen LogP contribution < -0.4 is 15.8 Å². The van der Waals surface area contributed by atoms with E-state index in [1.807, 2.05) is 48.5 Å². The maximum atomic E-state index is 13.6. The molecule has 178 valence electrons. The van der Waals surface area contributed by atoms with Crippen LogP contribution in [-0.2, 0) is 6.54 Å². The molecule has 0 spiro atoms. The molecule has 0 saturated carbocycles. The maximum absolute atomic E-state index is 13.6. The highest BCUT2D eigenvalue weighted by Crippen LogP contribution is 2.22. The molecule has 3 aromatic carbocycles. The van der Waals surface area contributed by atoms with Crippen molar-refractivity contribution in [3.05, 3.63) is 106 Å². The zero-order valence-electron chi connectivity index (χ0n) is 20.0. The van der Waals surface area contributed by atoms with Crippen molar-refractivity contribution in [2.45, 2.75) is 32.2 Å². The Bertz CT molecular complexity index is 1380. The lowest BCUT2D eigenvalue weighted by Gasteiger charge is -2.22. The number of nitrogens with zero attached hydrogens (tertiary/aromatic N) is 3.